The molecule has 0 bridgehead atoms. The van der Waals surface area contributed by atoms with Gasteiger partial charge in [0.2, 0.25) is 17.7 Å². The first-order chi connectivity index (χ1) is 8.31. The number of nitrogens with zero attached hydrogens (tertiary/aromatic N) is 2. The lowest BCUT2D eigenvalue weighted by Gasteiger charge is -2.23. The van der Waals surface area contributed by atoms with Gasteiger partial charge in [-0.15, -0.1) is 0 Å². The summed E-state index contributed by atoms with van der Waals surface area (Å²) < 4.78 is 10.2. The summed E-state index contributed by atoms with van der Waals surface area (Å²) in [5, 5.41) is 6.62. The zero-order chi connectivity index (χ0) is 12.1. The topological polar surface area (TPSA) is 68.3 Å². The van der Waals surface area contributed by atoms with E-state index in [1.165, 1.54) is 6.42 Å². The van der Waals surface area contributed by atoms with Crippen molar-refractivity contribution >= 4 is 5.95 Å². The van der Waals surface area contributed by atoms with E-state index < -0.39 is 0 Å². The van der Waals surface area contributed by atoms with E-state index in [2.05, 4.69) is 20.6 Å². The van der Waals surface area contributed by atoms with Gasteiger partial charge in [0.15, 0.2) is 0 Å². The van der Waals surface area contributed by atoms with Crippen LogP contribution in [0, 0.1) is 0 Å². The Balaban J connectivity index is 2.07. The molecule has 1 saturated heterocycles. The van der Waals surface area contributed by atoms with Crippen molar-refractivity contribution in [2.24, 2.45) is 0 Å². The number of ether oxygens (including phenoxy) is 2. The summed E-state index contributed by atoms with van der Waals surface area (Å²) in [5.41, 5.74) is 0. The molecule has 1 atom stereocenters. The van der Waals surface area contributed by atoms with Gasteiger partial charge in [-0.2, -0.15) is 9.97 Å². The number of hydrogen-bond acceptors (Lipinski definition) is 6. The fourth-order valence-electron chi connectivity index (χ4n) is 1.84. The molecule has 2 heterocycles. The van der Waals surface area contributed by atoms with Crippen molar-refractivity contribution in [2.45, 2.75) is 18.9 Å². The molecule has 1 aliphatic rings. The third-order valence-electron chi connectivity index (χ3n) is 2.73. The van der Waals surface area contributed by atoms with E-state index in [0.29, 0.717) is 23.8 Å². The van der Waals surface area contributed by atoms with E-state index in [4.69, 9.17) is 9.47 Å². The molecule has 1 aromatic heterocycles. The molecule has 1 aromatic rings. The molecule has 0 aliphatic carbocycles. The number of piperidine rings is 1. The third-order valence-corrected chi connectivity index (χ3v) is 2.73. The molecule has 6 heteroatoms. The number of aromatic nitrogens is 2. The highest BCUT2D eigenvalue weighted by atomic mass is 16.5. The fraction of sp³-hybridized carbons (Fsp3) is 0.636. The summed E-state index contributed by atoms with van der Waals surface area (Å²) in [6, 6.07) is 2.02. The van der Waals surface area contributed by atoms with Gasteiger partial charge in [0.05, 0.1) is 20.3 Å². The zero-order valence-corrected chi connectivity index (χ0v) is 10.2. The smallest absolute Gasteiger partial charge is 0.229 e. The van der Waals surface area contributed by atoms with Crippen LogP contribution in [0.3, 0.4) is 0 Å². The van der Waals surface area contributed by atoms with Gasteiger partial charge in [0, 0.05) is 12.6 Å². The highest BCUT2D eigenvalue weighted by molar-refractivity contribution is 5.34. The predicted octanol–water partition coefficient (Wildman–Crippen LogP) is 0.658. The van der Waals surface area contributed by atoms with Crippen molar-refractivity contribution in [2.75, 3.05) is 32.6 Å². The van der Waals surface area contributed by atoms with Crippen LogP contribution in [-0.4, -0.2) is 43.3 Å². The first-order valence-electron chi connectivity index (χ1n) is 5.76. The van der Waals surface area contributed by atoms with Crippen LogP contribution in [0.2, 0.25) is 0 Å². The first kappa shape index (κ1) is 11.9. The minimum absolute atomic E-state index is 0.362. The Morgan fingerprint density at radius 2 is 2.00 bits per heavy atom. The summed E-state index contributed by atoms with van der Waals surface area (Å²) in [7, 11) is 3.15. The van der Waals surface area contributed by atoms with Gasteiger partial charge >= 0.3 is 0 Å². The van der Waals surface area contributed by atoms with Crippen LogP contribution in [0.5, 0.6) is 11.8 Å². The second-order valence-corrected chi connectivity index (χ2v) is 3.96. The molecule has 0 radical (unpaired) electrons. The van der Waals surface area contributed by atoms with Crippen LogP contribution in [0.25, 0.3) is 0 Å². The monoisotopic (exact) mass is 238 g/mol. The summed E-state index contributed by atoms with van der Waals surface area (Å²) >= 11 is 0. The van der Waals surface area contributed by atoms with E-state index in [9.17, 15) is 0 Å². The Hall–Kier alpha value is -1.56. The van der Waals surface area contributed by atoms with Gasteiger partial charge in [-0.1, -0.05) is 0 Å². The zero-order valence-electron chi connectivity index (χ0n) is 10.2. The van der Waals surface area contributed by atoms with Crippen LogP contribution in [0.15, 0.2) is 6.07 Å². The van der Waals surface area contributed by atoms with Gasteiger partial charge in [-0.05, 0) is 19.4 Å². The Kier molecular flexibility index (Phi) is 3.98. The van der Waals surface area contributed by atoms with Crippen molar-refractivity contribution in [3.63, 3.8) is 0 Å². The Bertz CT molecular complexity index is 344. The lowest BCUT2D eigenvalue weighted by atomic mass is 10.1. The Morgan fingerprint density at radius 3 is 2.53 bits per heavy atom. The highest BCUT2D eigenvalue weighted by Gasteiger charge is 2.14. The molecule has 17 heavy (non-hydrogen) atoms. The second kappa shape index (κ2) is 5.67. The molecule has 1 aliphatic heterocycles. The van der Waals surface area contributed by atoms with E-state index >= 15 is 0 Å². The minimum Gasteiger partial charge on any atom is -0.481 e. The lowest BCUT2D eigenvalue weighted by Crippen LogP contribution is -2.38. The molecular weight excluding hydrogens is 220 g/mol. The summed E-state index contributed by atoms with van der Waals surface area (Å²) in [5.74, 6) is 1.56. The van der Waals surface area contributed by atoms with E-state index in [1.54, 1.807) is 20.3 Å². The van der Waals surface area contributed by atoms with Gasteiger partial charge in [-0.3, -0.25) is 0 Å². The average Bonchev–Trinajstić information content (AvgIpc) is 2.39. The molecular formula is C11H18N4O2. The second-order valence-electron chi connectivity index (χ2n) is 3.96. The molecule has 1 unspecified atom stereocenters. The standard InChI is InChI=1S/C11H18N4O2/c1-16-9-6-10(17-2)15-11(14-9)13-8-4-3-5-12-7-8/h6,8,12H,3-5,7H2,1-2H3,(H,13,14,15). The average molecular weight is 238 g/mol. The van der Waals surface area contributed by atoms with Gasteiger partial charge < -0.3 is 20.1 Å². The molecule has 6 nitrogen and oxygen atoms in total. The summed E-state index contributed by atoms with van der Waals surface area (Å²) in [4.78, 5) is 8.48. The number of hydrogen-bond donors (Lipinski definition) is 2. The van der Waals surface area contributed by atoms with Crippen LogP contribution in [0.4, 0.5) is 5.95 Å². The lowest BCUT2D eigenvalue weighted by molar-refractivity contribution is 0.372. The maximum atomic E-state index is 5.10. The van der Waals surface area contributed by atoms with Crippen LogP contribution < -0.4 is 20.1 Å². The SMILES string of the molecule is COc1cc(OC)nc(NC2CCCNC2)n1. The Morgan fingerprint density at radius 1 is 1.29 bits per heavy atom. The summed E-state index contributed by atoms with van der Waals surface area (Å²) in [6.07, 6.45) is 2.29. The number of anilines is 1. The maximum absolute atomic E-state index is 5.10. The molecule has 2 rings (SSSR count). The molecule has 2 N–H and O–H groups in total. The van der Waals surface area contributed by atoms with E-state index in [1.807, 2.05) is 0 Å². The van der Waals surface area contributed by atoms with Crippen LogP contribution >= 0.6 is 0 Å². The van der Waals surface area contributed by atoms with Crippen molar-refractivity contribution < 1.29 is 9.47 Å². The summed E-state index contributed by atoms with van der Waals surface area (Å²) in [6.45, 7) is 2.02. The fourth-order valence-corrected chi connectivity index (χ4v) is 1.84. The van der Waals surface area contributed by atoms with E-state index in [-0.39, 0.29) is 0 Å². The third kappa shape index (κ3) is 3.20. The van der Waals surface area contributed by atoms with E-state index in [0.717, 1.165) is 19.5 Å². The van der Waals surface area contributed by atoms with Crippen molar-refractivity contribution in [3.05, 3.63) is 6.07 Å². The molecule has 0 spiro atoms. The number of methoxy groups -OCH3 is 2. The van der Waals surface area contributed by atoms with Crippen LogP contribution in [0.1, 0.15) is 12.8 Å². The highest BCUT2D eigenvalue weighted by Crippen LogP contribution is 2.18. The molecule has 94 valence electrons. The van der Waals surface area contributed by atoms with Crippen molar-refractivity contribution in [1.29, 1.82) is 0 Å². The molecule has 0 amide bonds. The van der Waals surface area contributed by atoms with Gasteiger partial charge in [0.1, 0.15) is 0 Å². The number of rotatable bonds is 4. The number of nitrogens with one attached hydrogen (secondary N) is 2. The van der Waals surface area contributed by atoms with Crippen molar-refractivity contribution in [3.8, 4) is 11.8 Å². The quantitative estimate of drug-likeness (QED) is 0.803. The van der Waals surface area contributed by atoms with Gasteiger partial charge in [-0.25, -0.2) is 0 Å². The van der Waals surface area contributed by atoms with Crippen LogP contribution in [-0.2, 0) is 0 Å². The first-order valence-corrected chi connectivity index (χ1v) is 5.76. The van der Waals surface area contributed by atoms with Crippen molar-refractivity contribution in [1.82, 2.24) is 15.3 Å². The Labute approximate surface area is 101 Å². The van der Waals surface area contributed by atoms with Gasteiger partial charge in [0.25, 0.3) is 0 Å². The molecule has 1 fully saturated rings. The predicted molar refractivity (Wildman–Crippen MR) is 64.7 cm³/mol. The maximum Gasteiger partial charge on any atom is 0.229 e. The molecule has 0 aromatic carbocycles. The largest absolute Gasteiger partial charge is 0.481 e. The normalized spacial score (nSPS) is 19.8. The minimum atomic E-state index is 0.362. The molecule has 0 saturated carbocycles.